The third-order valence-corrected chi connectivity index (χ3v) is 14.6. The second-order valence-electron chi connectivity index (χ2n) is 12.1. The number of hydrogen-bond acceptors (Lipinski definition) is 9. The van der Waals surface area contributed by atoms with Gasteiger partial charge in [0.25, 0.3) is 0 Å². The monoisotopic (exact) mass is 658 g/mol. The lowest BCUT2D eigenvalue weighted by Gasteiger charge is -2.40. The number of hydrogen-bond donors (Lipinski definition) is 0. The van der Waals surface area contributed by atoms with Gasteiger partial charge in [0, 0.05) is 20.0 Å². The number of nitriles is 4. The van der Waals surface area contributed by atoms with Gasteiger partial charge in [-0.3, -0.25) is 0 Å². The van der Waals surface area contributed by atoms with Crippen molar-refractivity contribution in [3.8, 4) is 39.8 Å². The Labute approximate surface area is 277 Å². The molecule has 0 radical (unpaired) electrons. The molecule has 1 saturated carbocycles. The first kappa shape index (κ1) is 28.5. The predicted molar refractivity (Wildman–Crippen MR) is 184 cm³/mol. The Bertz CT molecular complexity index is 2200. The first-order valence-corrected chi connectivity index (χ1v) is 18.6. The third-order valence-electron chi connectivity index (χ3n) is 9.51. The molecule has 3 aliphatic carbocycles. The molecule has 0 saturated heterocycles. The van der Waals surface area contributed by atoms with E-state index in [2.05, 4.69) is 48.6 Å². The van der Waals surface area contributed by atoms with Crippen LogP contribution in [-0.4, -0.2) is 0 Å². The van der Waals surface area contributed by atoms with Crippen molar-refractivity contribution in [3.05, 3.63) is 61.9 Å². The first-order chi connectivity index (χ1) is 22.1. The Kier molecular flexibility index (Phi) is 7.05. The zero-order valence-electron chi connectivity index (χ0n) is 24.4. The van der Waals surface area contributed by atoms with E-state index in [9.17, 15) is 21.0 Å². The quantitative estimate of drug-likeness (QED) is 0.199. The van der Waals surface area contributed by atoms with Crippen molar-refractivity contribution in [2.24, 2.45) is 0 Å². The Hall–Kier alpha value is -3.96. The second-order valence-corrected chi connectivity index (χ2v) is 16.3. The topological polar surface area (TPSA) is 104 Å². The number of fused-ring (bicyclic) bond motifs is 8. The Morgan fingerprint density at radius 2 is 1.16 bits per heavy atom. The van der Waals surface area contributed by atoms with Gasteiger partial charge in [-0.1, -0.05) is 18.6 Å². The summed E-state index contributed by atoms with van der Waals surface area (Å²) in [6, 6.07) is 12.9. The molecular weight excluding hydrogens is 633 g/mol. The fourth-order valence-electron chi connectivity index (χ4n) is 7.38. The molecule has 5 nitrogen and oxygen atoms in total. The van der Waals surface area contributed by atoms with Crippen LogP contribution in [0.15, 0.2) is 46.6 Å². The smallest absolute Gasteiger partial charge is 0.157 e. The van der Waals surface area contributed by atoms with Crippen molar-refractivity contribution < 1.29 is 4.74 Å². The summed E-state index contributed by atoms with van der Waals surface area (Å²) in [5.74, 6) is 1.04. The highest BCUT2D eigenvalue weighted by Gasteiger charge is 2.46. The van der Waals surface area contributed by atoms with Gasteiger partial charge in [-0.2, -0.15) is 21.0 Å². The van der Waals surface area contributed by atoms with Crippen molar-refractivity contribution in [2.45, 2.75) is 76.2 Å². The van der Waals surface area contributed by atoms with Gasteiger partial charge in [-0.25, -0.2) is 0 Å². The van der Waals surface area contributed by atoms with Crippen LogP contribution in [-0.2, 0) is 5.60 Å². The maximum absolute atomic E-state index is 9.44. The molecule has 4 aromatic heterocycles. The summed E-state index contributed by atoms with van der Waals surface area (Å²) >= 11 is 7.37. The molecule has 4 aromatic rings. The van der Waals surface area contributed by atoms with E-state index < -0.39 is 0 Å². The van der Waals surface area contributed by atoms with E-state index in [0.717, 1.165) is 81.1 Å². The van der Waals surface area contributed by atoms with Crippen LogP contribution in [0.4, 0.5) is 0 Å². The SMILES string of the molecule is N#CC(C#N)=C1C=C(c2cc3sc4c(c3s2)OC2(CCCCC2)c2c-4sc3cc(C4=CC(=C(C#N)C#N)CCC4)sc23)CCC1. The van der Waals surface area contributed by atoms with Gasteiger partial charge in [0.1, 0.15) is 41.0 Å². The summed E-state index contributed by atoms with van der Waals surface area (Å²) in [5.41, 5.74) is 5.67. The van der Waals surface area contributed by atoms with Crippen LogP contribution in [0.25, 0.3) is 39.7 Å². The molecule has 1 fully saturated rings. The van der Waals surface area contributed by atoms with E-state index in [4.69, 9.17) is 4.74 Å². The molecule has 4 aliphatic rings. The molecule has 9 heteroatoms. The minimum absolute atomic E-state index is 0.227. The van der Waals surface area contributed by atoms with Gasteiger partial charge in [0.15, 0.2) is 5.75 Å². The van der Waals surface area contributed by atoms with Crippen molar-refractivity contribution in [1.29, 1.82) is 21.0 Å². The lowest BCUT2D eigenvalue weighted by Crippen LogP contribution is -2.37. The maximum Gasteiger partial charge on any atom is 0.157 e. The summed E-state index contributed by atoms with van der Waals surface area (Å²) < 4.78 is 12.4. The first-order valence-electron chi connectivity index (χ1n) is 15.4. The molecule has 45 heavy (non-hydrogen) atoms. The molecule has 0 atom stereocenters. The lowest BCUT2D eigenvalue weighted by molar-refractivity contribution is 0.0282. The average molecular weight is 659 g/mol. The van der Waals surface area contributed by atoms with Gasteiger partial charge in [-0.05, 0) is 98.6 Å². The van der Waals surface area contributed by atoms with Crippen molar-refractivity contribution in [2.75, 3.05) is 0 Å². The Morgan fingerprint density at radius 1 is 0.622 bits per heavy atom. The fraction of sp³-hybridized carbons (Fsp3) is 0.333. The molecule has 0 bridgehead atoms. The van der Waals surface area contributed by atoms with Crippen LogP contribution < -0.4 is 4.74 Å². The van der Waals surface area contributed by atoms with Crippen molar-refractivity contribution in [3.63, 3.8) is 0 Å². The Balaban J connectivity index is 1.25. The molecule has 1 spiro atoms. The highest BCUT2D eigenvalue weighted by molar-refractivity contribution is 7.35. The van der Waals surface area contributed by atoms with Crippen molar-refractivity contribution in [1.82, 2.24) is 0 Å². The summed E-state index contributed by atoms with van der Waals surface area (Å²) in [5, 5.41) is 37.7. The molecule has 0 unspecified atom stereocenters. The van der Waals surface area contributed by atoms with E-state index in [1.807, 2.05) is 34.0 Å². The van der Waals surface area contributed by atoms with Gasteiger partial charge in [0.05, 0.1) is 23.9 Å². The number of ether oxygens (including phenoxy) is 1. The minimum Gasteiger partial charge on any atom is -0.479 e. The summed E-state index contributed by atoms with van der Waals surface area (Å²) in [7, 11) is 0. The minimum atomic E-state index is -0.325. The Morgan fingerprint density at radius 3 is 1.73 bits per heavy atom. The predicted octanol–water partition coefficient (Wildman–Crippen LogP) is 11.3. The van der Waals surface area contributed by atoms with Crippen LogP contribution in [0.5, 0.6) is 5.75 Å². The molecule has 0 N–H and O–H groups in total. The zero-order chi connectivity index (χ0) is 30.7. The van der Waals surface area contributed by atoms with Gasteiger partial charge in [0.2, 0.25) is 0 Å². The molecule has 0 amide bonds. The van der Waals surface area contributed by atoms with E-state index in [1.165, 1.54) is 61.4 Å². The molecule has 8 rings (SSSR count). The number of nitrogens with zero attached hydrogens (tertiary/aromatic N) is 4. The van der Waals surface area contributed by atoms with Gasteiger partial charge in [-0.15, -0.1) is 45.3 Å². The summed E-state index contributed by atoms with van der Waals surface area (Å²) in [4.78, 5) is 5.06. The highest BCUT2D eigenvalue weighted by Crippen LogP contribution is 2.63. The highest BCUT2D eigenvalue weighted by atomic mass is 32.1. The van der Waals surface area contributed by atoms with E-state index in [0.29, 0.717) is 0 Å². The van der Waals surface area contributed by atoms with E-state index in [1.54, 1.807) is 11.3 Å². The van der Waals surface area contributed by atoms with Crippen LogP contribution in [0.2, 0.25) is 0 Å². The molecule has 5 heterocycles. The zero-order valence-corrected chi connectivity index (χ0v) is 27.7. The number of rotatable bonds is 2. The summed E-state index contributed by atoms with van der Waals surface area (Å²) in [6.07, 6.45) is 15.1. The largest absolute Gasteiger partial charge is 0.479 e. The third kappa shape index (κ3) is 4.53. The number of thiophene rings is 4. The molecule has 0 aromatic carbocycles. The second kappa shape index (κ2) is 11.1. The van der Waals surface area contributed by atoms with E-state index in [-0.39, 0.29) is 16.7 Å². The van der Waals surface area contributed by atoms with Crippen LogP contribution >= 0.6 is 45.3 Å². The average Bonchev–Trinajstić information content (AvgIpc) is 3.83. The summed E-state index contributed by atoms with van der Waals surface area (Å²) in [6.45, 7) is 0. The normalized spacial score (nSPS) is 18.6. The van der Waals surface area contributed by atoms with Crippen LogP contribution in [0.3, 0.4) is 0 Å². The lowest BCUT2D eigenvalue weighted by atomic mass is 9.78. The van der Waals surface area contributed by atoms with Gasteiger partial charge >= 0.3 is 0 Å². The standard InChI is InChI=1S/C36H26N4OS4/c37-16-24(17-38)20-6-4-8-22(12-20)26-14-28-32(42-26)30-34(44-28)35-31(41-36(30)10-2-1-3-11-36)33-29(45-35)15-27(43-33)23-9-5-7-21(13-23)25(18-39)19-40/h12-15H,1-11H2. The van der Waals surface area contributed by atoms with Gasteiger partial charge < -0.3 is 4.74 Å². The molecule has 220 valence electrons. The van der Waals surface area contributed by atoms with Crippen LogP contribution in [0, 0.1) is 45.3 Å². The maximum atomic E-state index is 9.44. The number of allylic oxidation sites excluding steroid dienone is 8. The molecule has 1 aliphatic heterocycles. The van der Waals surface area contributed by atoms with Crippen molar-refractivity contribution >= 4 is 75.3 Å². The van der Waals surface area contributed by atoms with E-state index >= 15 is 0 Å². The molecular formula is C36H26N4OS4. The van der Waals surface area contributed by atoms with Crippen LogP contribution in [0.1, 0.15) is 85.9 Å². The fourth-order valence-corrected chi connectivity index (χ4v) is 12.9.